The number of ether oxygens (including phenoxy) is 2. The van der Waals surface area contributed by atoms with E-state index >= 15 is 0 Å². The van der Waals surface area contributed by atoms with Crippen molar-refractivity contribution in [2.45, 2.75) is 72.1 Å². The van der Waals surface area contributed by atoms with Crippen LogP contribution in [0.25, 0.3) is 0 Å². The highest BCUT2D eigenvalue weighted by Gasteiger charge is 2.11. The Morgan fingerprint density at radius 2 is 1.76 bits per heavy atom. The third kappa shape index (κ3) is 12.1. The van der Waals surface area contributed by atoms with Gasteiger partial charge in [0.2, 0.25) is 0 Å². The highest BCUT2D eigenvalue weighted by Crippen LogP contribution is 2.07. The van der Waals surface area contributed by atoms with Crippen molar-refractivity contribution in [1.82, 2.24) is 5.32 Å². The van der Waals surface area contributed by atoms with E-state index in [-0.39, 0.29) is 5.60 Å². The van der Waals surface area contributed by atoms with Gasteiger partial charge in [0.1, 0.15) is 0 Å². The number of hydrogen-bond donors (Lipinski definition) is 1. The van der Waals surface area contributed by atoms with Gasteiger partial charge >= 0.3 is 0 Å². The summed E-state index contributed by atoms with van der Waals surface area (Å²) in [7, 11) is 0. The van der Waals surface area contributed by atoms with E-state index in [1.54, 1.807) is 0 Å². The fraction of sp³-hybridized carbons (Fsp3) is 1.00. The molecular formula is C14H31NO2. The average molecular weight is 245 g/mol. The molecule has 104 valence electrons. The Balaban J connectivity index is 3.69. The summed E-state index contributed by atoms with van der Waals surface area (Å²) in [6, 6.07) is 0.517. The Bertz CT molecular complexity index is 176. The van der Waals surface area contributed by atoms with Crippen LogP contribution in [-0.2, 0) is 9.47 Å². The summed E-state index contributed by atoms with van der Waals surface area (Å²) in [6.45, 7) is 15.0. The zero-order chi connectivity index (χ0) is 13.3. The molecule has 1 N–H and O–H groups in total. The van der Waals surface area contributed by atoms with Crippen LogP contribution in [0.2, 0.25) is 0 Å². The van der Waals surface area contributed by atoms with Gasteiger partial charge in [-0.05, 0) is 27.2 Å². The lowest BCUT2D eigenvalue weighted by Gasteiger charge is -2.22. The maximum atomic E-state index is 5.84. The van der Waals surface area contributed by atoms with E-state index in [0.717, 1.165) is 19.4 Å². The molecule has 0 aromatic rings. The van der Waals surface area contributed by atoms with Crippen LogP contribution in [0.15, 0.2) is 0 Å². The first kappa shape index (κ1) is 16.9. The summed E-state index contributed by atoms with van der Waals surface area (Å²) in [4.78, 5) is 0. The predicted molar refractivity (Wildman–Crippen MR) is 73.5 cm³/mol. The van der Waals surface area contributed by atoms with E-state index in [1.807, 2.05) is 0 Å². The molecule has 0 amide bonds. The largest absolute Gasteiger partial charge is 0.375 e. The van der Waals surface area contributed by atoms with E-state index in [1.165, 1.54) is 0 Å². The topological polar surface area (TPSA) is 30.5 Å². The molecule has 0 aliphatic carbocycles. The molecule has 0 bridgehead atoms. The predicted octanol–water partition coefficient (Wildman–Crippen LogP) is 2.98. The van der Waals surface area contributed by atoms with Gasteiger partial charge in [-0.2, -0.15) is 0 Å². The lowest BCUT2D eigenvalue weighted by atomic mass is 10.2. The third-order valence-corrected chi connectivity index (χ3v) is 2.34. The molecule has 0 aromatic carbocycles. The maximum absolute atomic E-state index is 5.84. The second-order valence-corrected chi connectivity index (χ2v) is 5.81. The van der Waals surface area contributed by atoms with Crippen molar-refractivity contribution in [3.8, 4) is 0 Å². The Labute approximate surface area is 107 Å². The normalized spacial score (nSPS) is 14.3. The van der Waals surface area contributed by atoms with Crippen molar-refractivity contribution in [3.63, 3.8) is 0 Å². The summed E-state index contributed by atoms with van der Waals surface area (Å²) < 4.78 is 11.5. The molecule has 0 spiro atoms. The Kier molecular flexibility index (Phi) is 8.83. The zero-order valence-corrected chi connectivity index (χ0v) is 12.5. The van der Waals surface area contributed by atoms with E-state index < -0.39 is 0 Å². The molecule has 0 radical (unpaired) electrons. The van der Waals surface area contributed by atoms with Gasteiger partial charge < -0.3 is 14.8 Å². The smallest absolute Gasteiger partial charge is 0.0707 e. The maximum Gasteiger partial charge on any atom is 0.0707 e. The first-order chi connectivity index (χ1) is 7.85. The van der Waals surface area contributed by atoms with E-state index in [2.05, 4.69) is 46.9 Å². The van der Waals surface area contributed by atoms with Gasteiger partial charge in [0, 0.05) is 12.6 Å². The molecule has 0 saturated carbocycles. The highest BCUT2D eigenvalue weighted by molar-refractivity contribution is 4.64. The second kappa shape index (κ2) is 8.90. The fourth-order valence-corrected chi connectivity index (χ4v) is 1.50. The van der Waals surface area contributed by atoms with E-state index in [4.69, 9.17) is 9.47 Å². The second-order valence-electron chi connectivity index (χ2n) is 5.81. The van der Waals surface area contributed by atoms with Crippen molar-refractivity contribution >= 4 is 0 Å². The van der Waals surface area contributed by atoms with Gasteiger partial charge in [-0.3, -0.25) is 0 Å². The van der Waals surface area contributed by atoms with Crippen LogP contribution in [-0.4, -0.2) is 37.5 Å². The van der Waals surface area contributed by atoms with Crippen molar-refractivity contribution < 1.29 is 9.47 Å². The summed E-state index contributed by atoms with van der Waals surface area (Å²) in [5.74, 6) is 0. The van der Waals surface area contributed by atoms with Crippen LogP contribution in [0.1, 0.15) is 54.4 Å². The zero-order valence-electron chi connectivity index (χ0n) is 12.5. The van der Waals surface area contributed by atoms with Gasteiger partial charge in [-0.25, -0.2) is 0 Å². The molecule has 0 heterocycles. The summed E-state index contributed by atoms with van der Waals surface area (Å²) in [5, 5.41) is 3.42. The lowest BCUT2D eigenvalue weighted by molar-refractivity contribution is -0.0527. The van der Waals surface area contributed by atoms with Gasteiger partial charge in [0.05, 0.1) is 24.9 Å². The van der Waals surface area contributed by atoms with Gasteiger partial charge in [0.15, 0.2) is 0 Å². The molecule has 3 nitrogen and oxygen atoms in total. The third-order valence-electron chi connectivity index (χ3n) is 2.34. The van der Waals surface area contributed by atoms with Crippen molar-refractivity contribution in [3.05, 3.63) is 0 Å². The molecular weight excluding hydrogens is 214 g/mol. The Hall–Kier alpha value is -0.120. The molecule has 0 aromatic heterocycles. The molecule has 1 atom stereocenters. The minimum atomic E-state index is -0.0696. The van der Waals surface area contributed by atoms with Crippen molar-refractivity contribution in [1.29, 1.82) is 0 Å². The van der Waals surface area contributed by atoms with Crippen LogP contribution in [0.3, 0.4) is 0 Å². The quantitative estimate of drug-likeness (QED) is 0.633. The van der Waals surface area contributed by atoms with E-state index in [9.17, 15) is 0 Å². The molecule has 0 aliphatic heterocycles. The highest BCUT2D eigenvalue weighted by atomic mass is 16.5. The number of rotatable bonds is 9. The van der Waals surface area contributed by atoms with Crippen LogP contribution in [0.4, 0.5) is 0 Å². The first-order valence-electron chi connectivity index (χ1n) is 6.84. The minimum absolute atomic E-state index is 0.0696. The van der Waals surface area contributed by atoms with E-state index in [0.29, 0.717) is 25.4 Å². The summed E-state index contributed by atoms with van der Waals surface area (Å²) in [5.41, 5.74) is -0.0696. The molecule has 0 aliphatic rings. The van der Waals surface area contributed by atoms with Gasteiger partial charge in [-0.15, -0.1) is 0 Å². The minimum Gasteiger partial charge on any atom is -0.375 e. The van der Waals surface area contributed by atoms with Gasteiger partial charge in [-0.1, -0.05) is 27.2 Å². The van der Waals surface area contributed by atoms with Crippen LogP contribution >= 0.6 is 0 Å². The molecule has 0 saturated heterocycles. The van der Waals surface area contributed by atoms with Crippen LogP contribution < -0.4 is 5.32 Å². The molecule has 3 heteroatoms. The van der Waals surface area contributed by atoms with Gasteiger partial charge in [0.25, 0.3) is 0 Å². The Morgan fingerprint density at radius 3 is 2.24 bits per heavy atom. The molecule has 1 unspecified atom stereocenters. The first-order valence-corrected chi connectivity index (χ1v) is 6.84. The SMILES string of the molecule is CCCC(CNC(C)C)OCCOC(C)(C)C. The lowest BCUT2D eigenvalue weighted by Crippen LogP contribution is -2.34. The fourth-order valence-electron chi connectivity index (χ4n) is 1.50. The molecule has 0 rings (SSSR count). The van der Waals surface area contributed by atoms with Crippen molar-refractivity contribution in [2.75, 3.05) is 19.8 Å². The number of nitrogens with one attached hydrogen (secondary N) is 1. The molecule has 17 heavy (non-hydrogen) atoms. The average Bonchev–Trinajstić information content (AvgIpc) is 2.19. The van der Waals surface area contributed by atoms with Crippen LogP contribution in [0.5, 0.6) is 0 Å². The Morgan fingerprint density at radius 1 is 1.12 bits per heavy atom. The van der Waals surface area contributed by atoms with Crippen molar-refractivity contribution in [2.24, 2.45) is 0 Å². The monoisotopic (exact) mass is 245 g/mol. The summed E-state index contributed by atoms with van der Waals surface area (Å²) >= 11 is 0. The summed E-state index contributed by atoms with van der Waals surface area (Å²) in [6.07, 6.45) is 2.57. The number of hydrogen-bond acceptors (Lipinski definition) is 3. The standard InChI is InChI=1S/C14H31NO2/c1-7-8-13(11-15-12(2)3)16-9-10-17-14(4,5)6/h12-13,15H,7-11H2,1-6H3. The molecule has 0 fully saturated rings. The van der Waals surface area contributed by atoms with Crippen LogP contribution in [0, 0.1) is 0 Å².